The highest BCUT2D eigenvalue weighted by molar-refractivity contribution is 5.80. The van der Waals surface area contributed by atoms with Crippen molar-refractivity contribution < 1.29 is 4.74 Å². The Morgan fingerprint density at radius 2 is 2.03 bits per heavy atom. The molecule has 4 rings (SSSR count). The van der Waals surface area contributed by atoms with Gasteiger partial charge in [-0.25, -0.2) is 0 Å². The van der Waals surface area contributed by atoms with E-state index >= 15 is 0 Å². The number of para-hydroxylation sites is 1. The lowest BCUT2D eigenvalue weighted by Crippen LogP contribution is -2.41. The second kappa shape index (κ2) is 10.9. The smallest absolute Gasteiger partial charge is 0.194 e. The molecule has 0 saturated carbocycles. The predicted octanol–water partition coefficient (Wildman–Crippen LogP) is 3.41. The Morgan fingerprint density at radius 3 is 2.75 bits per heavy atom. The lowest BCUT2D eigenvalue weighted by atomic mass is 10.0. The maximum absolute atomic E-state index is 5.73. The number of hydrogen-bond donors (Lipinski definition) is 1. The van der Waals surface area contributed by atoms with Crippen LogP contribution in [0.1, 0.15) is 55.7 Å². The lowest BCUT2D eigenvalue weighted by molar-refractivity contribution is 0.165. The molecule has 3 heterocycles. The monoisotopic (exact) mass is 438 g/mol. The maximum atomic E-state index is 5.73. The molecular weight excluding hydrogens is 400 g/mol. The summed E-state index contributed by atoms with van der Waals surface area (Å²) in [5.74, 6) is 2.50. The first-order chi connectivity index (χ1) is 15.7. The Morgan fingerprint density at radius 1 is 1.22 bits per heavy atom. The summed E-state index contributed by atoms with van der Waals surface area (Å²) in [5, 5.41) is 7.91. The number of aliphatic imine (C=N–C) groups is 1. The molecule has 32 heavy (non-hydrogen) atoms. The first-order valence-corrected chi connectivity index (χ1v) is 12.1. The van der Waals surface area contributed by atoms with Gasteiger partial charge in [-0.15, -0.1) is 0 Å². The second-order valence-corrected chi connectivity index (χ2v) is 8.93. The summed E-state index contributed by atoms with van der Waals surface area (Å²) in [6, 6.07) is 8.67. The number of guanidine groups is 1. The van der Waals surface area contributed by atoms with Crippen molar-refractivity contribution in [3.8, 4) is 5.75 Å². The van der Waals surface area contributed by atoms with Crippen molar-refractivity contribution >= 4 is 5.96 Å². The molecule has 2 aliphatic rings. The van der Waals surface area contributed by atoms with E-state index in [9.17, 15) is 0 Å². The highest BCUT2D eigenvalue weighted by Gasteiger charge is 2.28. The number of nitrogens with zero attached hydrogens (tertiary/aromatic N) is 5. The molecule has 1 aromatic heterocycles. The molecule has 0 spiro atoms. The van der Waals surface area contributed by atoms with Crippen LogP contribution < -0.4 is 10.1 Å². The van der Waals surface area contributed by atoms with Crippen LogP contribution in [0.25, 0.3) is 0 Å². The van der Waals surface area contributed by atoms with E-state index in [0.29, 0.717) is 5.92 Å². The van der Waals surface area contributed by atoms with E-state index in [-0.39, 0.29) is 6.04 Å². The van der Waals surface area contributed by atoms with Gasteiger partial charge in [0.15, 0.2) is 5.96 Å². The van der Waals surface area contributed by atoms with E-state index in [1.165, 1.54) is 30.4 Å². The number of piperidine rings is 1. The molecule has 2 aliphatic heterocycles. The van der Waals surface area contributed by atoms with Crippen LogP contribution in [0.4, 0.5) is 0 Å². The van der Waals surface area contributed by atoms with Crippen molar-refractivity contribution in [2.24, 2.45) is 12.0 Å². The van der Waals surface area contributed by atoms with Crippen LogP contribution in [0.2, 0.25) is 0 Å². The number of ether oxygens (including phenoxy) is 1. The van der Waals surface area contributed by atoms with E-state index in [1.54, 1.807) is 7.11 Å². The lowest BCUT2D eigenvalue weighted by Gasteiger charge is -2.35. The minimum Gasteiger partial charge on any atom is -0.496 e. The van der Waals surface area contributed by atoms with Crippen LogP contribution in [0.5, 0.6) is 5.75 Å². The molecule has 2 fully saturated rings. The highest BCUT2D eigenvalue weighted by Crippen LogP contribution is 2.32. The molecule has 7 nitrogen and oxygen atoms in total. The summed E-state index contributed by atoms with van der Waals surface area (Å²) < 4.78 is 7.62. The van der Waals surface area contributed by atoms with Gasteiger partial charge in [-0.3, -0.25) is 14.6 Å². The first-order valence-electron chi connectivity index (χ1n) is 12.1. The van der Waals surface area contributed by atoms with Gasteiger partial charge in [0.05, 0.1) is 25.9 Å². The SMILES string of the molecule is CCNC(=NCC(c1ccccc1OC)N1CCCCC1)N1CCC(c2cnn(C)c2)C1. The Labute approximate surface area is 192 Å². The number of nitrogens with one attached hydrogen (secondary N) is 1. The Balaban J connectivity index is 1.53. The van der Waals surface area contributed by atoms with E-state index in [1.807, 2.05) is 24.0 Å². The van der Waals surface area contributed by atoms with Gasteiger partial charge in [-0.2, -0.15) is 5.10 Å². The average Bonchev–Trinajstić information content (AvgIpc) is 3.49. The van der Waals surface area contributed by atoms with E-state index in [4.69, 9.17) is 9.73 Å². The van der Waals surface area contributed by atoms with Gasteiger partial charge in [0.1, 0.15) is 5.75 Å². The summed E-state index contributed by atoms with van der Waals surface area (Å²) in [4.78, 5) is 10.2. The third-order valence-corrected chi connectivity index (χ3v) is 6.76. The third-order valence-electron chi connectivity index (χ3n) is 6.76. The molecule has 0 amide bonds. The fourth-order valence-electron chi connectivity index (χ4n) is 5.06. The number of hydrogen-bond acceptors (Lipinski definition) is 4. The summed E-state index contributed by atoms with van der Waals surface area (Å²) >= 11 is 0. The van der Waals surface area contributed by atoms with E-state index < -0.39 is 0 Å². The molecule has 1 N–H and O–H groups in total. The quantitative estimate of drug-likeness (QED) is 0.530. The second-order valence-electron chi connectivity index (χ2n) is 8.93. The van der Waals surface area contributed by atoms with Crippen molar-refractivity contribution in [2.75, 3.05) is 46.4 Å². The van der Waals surface area contributed by atoms with Crippen molar-refractivity contribution in [3.05, 3.63) is 47.8 Å². The minimum absolute atomic E-state index is 0.233. The van der Waals surface area contributed by atoms with Crippen molar-refractivity contribution in [1.82, 2.24) is 24.9 Å². The number of aryl methyl sites for hydroxylation is 1. The zero-order chi connectivity index (χ0) is 22.3. The van der Waals surface area contributed by atoms with Gasteiger partial charge in [0, 0.05) is 44.4 Å². The van der Waals surface area contributed by atoms with Crippen LogP contribution in [0.3, 0.4) is 0 Å². The molecule has 7 heteroatoms. The van der Waals surface area contributed by atoms with Crippen LogP contribution in [0.15, 0.2) is 41.7 Å². The number of aromatic nitrogens is 2. The summed E-state index contributed by atoms with van der Waals surface area (Å²) in [7, 11) is 3.75. The van der Waals surface area contributed by atoms with Crippen molar-refractivity contribution in [2.45, 2.75) is 44.6 Å². The fourth-order valence-corrected chi connectivity index (χ4v) is 5.06. The Kier molecular flexibility index (Phi) is 7.68. The van der Waals surface area contributed by atoms with Crippen LogP contribution in [0, 0.1) is 0 Å². The van der Waals surface area contributed by atoms with Gasteiger partial charge in [-0.05, 0) is 50.9 Å². The summed E-state index contributed by atoms with van der Waals surface area (Å²) in [5.41, 5.74) is 2.57. The van der Waals surface area contributed by atoms with E-state index in [2.05, 4.69) is 51.5 Å². The number of benzene rings is 1. The third kappa shape index (κ3) is 5.26. The van der Waals surface area contributed by atoms with E-state index in [0.717, 1.165) is 57.4 Å². The minimum atomic E-state index is 0.233. The molecule has 2 saturated heterocycles. The summed E-state index contributed by atoms with van der Waals surface area (Å²) in [6.07, 6.45) is 9.13. The van der Waals surface area contributed by atoms with Crippen LogP contribution >= 0.6 is 0 Å². The van der Waals surface area contributed by atoms with Crippen molar-refractivity contribution in [1.29, 1.82) is 0 Å². The zero-order valence-electron chi connectivity index (χ0n) is 19.8. The van der Waals surface area contributed by atoms with Crippen LogP contribution in [-0.2, 0) is 7.05 Å². The van der Waals surface area contributed by atoms with Gasteiger partial charge < -0.3 is 15.0 Å². The fraction of sp³-hybridized carbons (Fsp3) is 0.600. The molecule has 174 valence electrons. The van der Waals surface area contributed by atoms with Gasteiger partial charge in [-0.1, -0.05) is 24.6 Å². The number of methoxy groups -OCH3 is 1. The van der Waals surface area contributed by atoms with Crippen LogP contribution in [-0.4, -0.2) is 71.9 Å². The predicted molar refractivity (Wildman–Crippen MR) is 129 cm³/mol. The average molecular weight is 439 g/mol. The highest BCUT2D eigenvalue weighted by atomic mass is 16.5. The topological polar surface area (TPSA) is 57.9 Å². The molecule has 2 unspecified atom stereocenters. The van der Waals surface area contributed by atoms with Gasteiger partial charge in [0.25, 0.3) is 0 Å². The maximum Gasteiger partial charge on any atom is 0.194 e. The normalized spacial score (nSPS) is 21.0. The zero-order valence-corrected chi connectivity index (χ0v) is 19.8. The first kappa shape index (κ1) is 22.6. The molecule has 2 aromatic rings. The molecule has 0 aliphatic carbocycles. The van der Waals surface area contributed by atoms with Gasteiger partial charge >= 0.3 is 0 Å². The largest absolute Gasteiger partial charge is 0.496 e. The Hall–Kier alpha value is -2.54. The number of likely N-dealkylation sites (tertiary alicyclic amines) is 2. The number of rotatable bonds is 7. The van der Waals surface area contributed by atoms with Gasteiger partial charge in [0.2, 0.25) is 0 Å². The summed E-state index contributed by atoms with van der Waals surface area (Å²) in [6.45, 7) is 8.01. The molecule has 0 radical (unpaired) electrons. The molecular formula is C25H38N6O. The molecule has 0 bridgehead atoms. The Bertz CT molecular complexity index is 888. The standard InChI is InChI=1S/C25H38N6O/c1-4-26-25(31-15-12-20(19-31)21-16-28-29(2)18-21)27-17-23(30-13-8-5-9-14-30)22-10-6-7-11-24(22)32-3/h6-7,10-11,16,18,20,23H,4-5,8-9,12-15,17,19H2,1-3H3,(H,26,27). The molecule has 1 aromatic carbocycles. The molecule has 2 atom stereocenters. The van der Waals surface area contributed by atoms with Crippen molar-refractivity contribution in [3.63, 3.8) is 0 Å².